The van der Waals surface area contributed by atoms with Gasteiger partial charge in [-0.05, 0) is 31.2 Å². The fourth-order valence-corrected chi connectivity index (χ4v) is 3.29. The molecule has 31 heavy (non-hydrogen) atoms. The van der Waals surface area contributed by atoms with E-state index in [0.717, 1.165) is 0 Å². The zero-order valence-corrected chi connectivity index (χ0v) is 17.0. The van der Waals surface area contributed by atoms with Crippen LogP contribution in [0.25, 0.3) is 22.6 Å². The van der Waals surface area contributed by atoms with Crippen LogP contribution in [0, 0.1) is 17.1 Å². The lowest BCUT2D eigenvalue weighted by Gasteiger charge is -2.13. The van der Waals surface area contributed by atoms with Crippen LogP contribution < -0.4 is 5.32 Å². The number of nitriles is 1. The Labute approximate surface area is 180 Å². The molecule has 3 aromatic heterocycles. The van der Waals surface area contributed by atoms with Crippen LogP contribution in [0.5, 0.6) is 0 Å². The van der Waals surface area contributed by atoms with Gasteiger partial charge in [-0.1, -0.05) is 11.6 Å². The topological polar surface area (TPSA) is 128 Å². The molecule has 0 bridgehead atoms. The molecule has 0 spiro atoms. The highest BCUT2D eigenvalue weighted by atomic mass is 35.5. The first-order chi connectivity index (χ1) is 14.9. The number of hydrogen-bond donors (Lipinski definition) is 3. The van der Waals surface area contributed by atoms with Crippen molar-refractivity contribution in [3.8, 4) is 28.7 Å². The van der Waals surface area contributed by atoms with E-state index >= 15 is 0 Å². The molecule has 1 atom stereocenters. The molecule has 0 aliphatic rings. The fourth-order valence-electron chi connectivity index (χ4n) is 3.04. The number of benzene rings is 1. The summed E-state index contributed by atoms with van der Waals surface area (Å²) < 4.78 is 15.6. The summed E-state index contributed by atoms with van der Waals surface area (Å²) in [5, 5.41) is 23.0. The largest absolute Gasteiger partial charge is 0.346 e. The van der Waals surface area contributed by atoms with E-state index in [1.54, 1.807) is 35.3 Å². The number of nitrogens with zero attached hydrogens (tertiary/aromatic N) is 5. The van der Waals surface area contributed by atoms with Crippen LogP contribution in [-0.4, -0.2) is 41.9 Å². The summed E-state index contributed by atoms with van der Waals surface area (Å²) in [5.41, 5.74) is 2.37. The quantitative estimate of drug-likeness (QED) is 0.426. The number of amides is 1. The molecule has 1 aromatic carbocycles. The lowest BCUT2D eigenvalue weighted by molar-refractivity contribution is 0.0931. The van der Waals surface area contributed by atoms with Crippen molar-refractivity contribution in [1.29, 1.82) is 5.26 Å². The van der Waals surface area contributed by atoms with E-state index in [0.29, 0.717) is 34.9 Å². The second-order valence-electron chi connectivity index (χ2n) is 6.86. The average molecular weight is 439 g/mol. The molecule has 0 aliphatic heterocycles. The molecular weight excluding hydrogens is 423 g/mol. The van der Waals surface area contributed by atoms with E-state index in [4.69, 9.17) is 16.9 Å². The van der Waals surface area contributed by atoms with Crippen LogP contribution in [0.3, 0.4) is 0 Å². The van der Waals surface area contributed by atoms with E-state index in [9.17, 15) is 9.18 Å². The third-order valence-electron chi connectivity index (χ3n) is 4.53. The predicted molar refractivity (Wildman–Crippen MR) is 110 cm³/mol. The summed E-state index contributed by atoms with van der Waals surface area (Å²) in [4.78, 5) is 19.3. The number of aromatic nitrogens is 6. The molecule has 0 saturated heterocycles. The van der Waals surface area contributed by atoms with Crippen molar-refractivity contribution in [3.63, 3.8) is 0 Å². The Morgan fingerprint density at radius 3 is 2.94 bits per heavy atom. The van der Waals surface area contributed by atoms with Gasteiger partial charge in [0.25, 0.3) is 5.91 Å². The Hall–Kier alpha value is -3.97. The van der Waals surface area contributed by atoms with Crippen LogP contribution in [0.15, 0.2) is 43.0 Å². The summed E-state index contributed by atoms with van der Waals surface area (Å²) in [7, 11) is 0. The van der Waals surface area contributed by atoms with Gasteiger partial charge in [0.2, 0.25) is 0 Å². The summed E-state index contributed by atoms with van der Waals surface area (Å²) >= 11 is 5.97. The lowest BCUT2D eigenvalue weighted by atomic mass is 10.1. The van der Waals surface area contributed by atoms with Crippen molar-refractivity contribution in [2.75, 3.05) is 0 Å². The van der Waals surface area contributed by atoms with Gasteiger partial charge in [0.1, 0.15) is 28.8 Å². The zero-order chi connectivity index (χ0) is 22.0. The smallest absolute Gasteiger partial charge is 0.269 e. The number of H-pyrrole nitrogens is 2. The molecule has 11 heteroatoms. The highest BCUT2D eigenvalue weighted by Crippen LogP contribution is 2.26. The van der Waals surface area contributed by atoms with E-state index < -0.39 is 5.82 Å². The van der Waals surface area contributed by atoms with Gasteiger partial charge in [-0.3, -0.25) is 14.6 Å². The molecule has 4 aromatic rings. The number of carbonyl (C=O) groups is 1. The van der Waals surface area contributed by atoms with Crippen LogP contribution in [0.2, 0.25) is 5.02 Å². The Morgan fingerprint density at radius 1 is 1.39 bits per heavy atom. The van der Waals surface area contributed by atoms with Gasteiger partial charge in [-0.15, -0.1) is 0 Å². The Balaban J connectivity index is 1.41. The van der Waals surface area contributed by atoms with E-state index in [1.807, 2.05) is 6.92 Å². The first kappa shape index (κ1) is 20.3. The van der Waals surface area contributed by atoms with E-state index in [2.05, 4.69) is 30.6 Å². The number of hydrogen-bond acceptors (Lipinski definition) is 5. The molecule has 0 radical (unpaired) electrons. The fraction of sp³-hybridized carbons (Fsp3) is 0.150. The SMILES string of the molecule is C[C@@H](Cn1ccc(-c2cc(F)c(C#N)c(Cl)c2)n1)NC(=O)c1cc(-c2cnc[nH]2)n[nH]1. The van der Waals surface area contributed by atoms with Gasteiger partial charge in [-0.25, -0.2) is 9.37 Å². The molecule has 0 fully saturated rings. The molecule has 156 valence electrons. The molecule has 0 aliphatic carbocycles. The minimum absolute atomic E-state index is 0.0294. The summed E-state index contributed by atoms with van der Waals surface area (Å²) in [6.07, 6.45) is 4.86. The van der Waals surface area contributed by atoms with E-state index in [1.165, 1.54) is 18.5 Å². The second kappa shape index (κ2) is 8.41. The van der Waals surface area contributed by atoms with Crippen molar-refractivity contribution >= 4 is 17.5 Å². The number of halogens is 2. The van der Waals surface area contributed by atoms with Gasteiger partial charge >= 0.3 is 0 Å². The number of rotatable bonds is 6. The maximum absolute atomic E-state index is 14.0. The van der Waals surface area contributed by atoms with Gasteiger partial charge in [0.15, 0.2) is 0 Å². The maximum atomic E-state index is 14.0. The standard InChI is InChI=1S/C20H16ClFN8O/c1-11(26-20(31)18-6-17(27-28-18)19-8-24-10-25-19)9-30-3-2-16(29-30)12-4-14(21)13(7-23)15(22)5-12/h2-6,8,10-11H,9H2,1H3,(H,24,25)(H,26,31)(H,27,28)/t11-/m0/s1. The number of imidazole rings is 1. The lowest BCUT2D eigenvalue weighted by Crippen LogP contribution is -2.36. The molecular formula is C20H16ClFN8O. The third-order valence-corrected chi connectivity index (χ3v) is 4.82. The van der Waals surface area contributed by atoms with Crippen molar-refractivity contribution < 1.29 is 9.18 Å². The predicted octanol–water partition coefficient (Wildman–Crippen LogP) is 3.15. The van der Waals surface area contributed by atoms with Gasteiger partial charge < -0.3 is 10.3 Å². The zero-order valence-electron chi connectivity index (χ0n) is 16.2. The number of carbonyl (C=O) groups excluding carboxylic acids is 1. The van der Waals surface area contributed by atoms with Gasteiger partial charge in [-0.2, -0.15) is 15.5 Å². The third kappa shape index (κ3) is 4.31. The Kier molecular flexibility index (Phi) is 5.51. The van der Waals surface area contributed by atoms with Gasteiger partial charge in [0.05, 0.1) is 35.5 Å². The molecule has 0 unspecified atom stereocenters. The molecule has 3 N–H and O–H groups in total. The van der Waals surface area contributed by atoms with Crippen molar-refractivity contribution in [3.05, 3.63) is 65.1 Å². The first-order valence-corrected chi connectivity index (χ1v) is 9.60. The van der Waals surface area contributed by atoms with Crippen LogP contribution in [0.4, 0.5) is 4.39 Å². The normalized spacial score (nSPS) is 11.8. The molecule has 3 heterocycles. The average Bonchev–Trinajstić information content (AvgIpc) is 3.48. The van der Waals surface area contributed by atoms with Gasteiger partial charge in [0, 0.05) is 17.8 Å². The Morgan fingerprint density at radius 2 is 2.23 bits per heavy atom. The summed E-state index contributed by atoms with van der Waals surface area (Å²) in [6.45, 7) is 2.23. The first-order valence-electron chi connectivity index (χ1n) is 9.22. The highest BCUT2D eigenvalue weighted by Gasteiger charge is 2.16. The maximum Gasteiger partial charge on any atom is 0.269 e. The second-order valence-corrected chi connectivity index (χ2v) is 7.26. The monoisotopic (exact) mass is 438 g/mol. The molecule has 0 saturated carbocycles. The number of aromatic amines is 2. The Bertz CT molecular complexity index is 1250. The minimum atomic E-state index is -0.700. The summed E-state index contributed by atoms with van der Waals surface area (Å²) in [6, 6.07) is 7.53. The van der Waals surface area contributed by atoms with Crippen LogP contribution in [0.1, 0.15) is 23.0 Å². The van der Waals surface area contributed by atoms with E-state index in [-0.39, 0.29) is 22.5 Å². The summed E-state index contributed by atoms with van der Waals surface area (Å²) in [5.74, 6) is -1.01. The van der Waals surface area contributed by atoms with Crippen LogP contribution in [-0.2, 0) is 6.54 Å². The molecule has 1 amide bonds. The molecule has 9 nitrogen and oxygen atoms in total. The van der Waals surface area contributed by atoms with Crippen molar-refractivity contribution in [1.82, 2.24) is 35.3 Å². The number of nitrogens with one attached hydrogen (secondary N) is 3. The van der Waals surface area contributed by atoms with Crippen molar-refractivity contribution in [2.24, 2.45) is 0 Å². The molecule has 4 rings (SSSR count). The highest BCUT2D eigenvalue weighted by molar-refractivity contribution is 6.32. The minimum Gasteiger partial charge on any atom is -0.346 e. The van der Waals surface area contributed by atoms with Crippen LogP contribution >= 0.6 is 11.6 Å². The van der Waals surface area contributed by atoms with Crippen molar-refractivity contribution in [2.45, 2.75) is 19.5 Å².